The van der Waals surface area contributed by atoms with E-state index in [1.807, 2.05) is 37.3 Å². The highest BCUT2D eigenvalue weighted by molar-refractivity contribution is 7.98. The molecule has 33 heavy (non-hydrogen) atoms. The summed E-state index contributed by atoms with van der Waals surface area (Å²) >= 11 is 1.43. The Morgan fingerprint density at radius 2 is 1.97 bits per heavy atom. The molecule has 0 aliphatic carbocycles. The zero-order valence-electron chi connectivity index (χ0n) is 18.9. The number of carbonyl (C=O) groups is 1. The maximum Gasteiger partial charge on any atom is 0.257 e. The van der Waals surface area contributed by atoms with Crippen molar-refractivity contribution in [3.63, 3.8) is 0 Å². The van der Waals surface area contributed by atoms with Gasteiger partial charge in [-0.2, -0.15) is 0 Å². The second-order valence-corrected chi connectivity index (χ2v) is 8.84. The first kappa shape index (κ1) is 22.9. The van der Waals surface area contributed by atoms with Crippen molar-refractivity contribution in [1.82, 2.24) is 9.97 Å². The topological polar surface area (TPSA) is 93.3 Å². The van der Waals surface area contributed by atoms with Gasteiger partial charge in [-0.3, -0.25) is 9.59 Å². The van der Waals surface area contributed by atoms with Crippen LogP contribution in [0.2, 0.25) is 0 Å². The molecule has 8 heteroatoms. The number of anilines is 1. The lowest BCUT2D eigenvalue weighted by molar-refractivity contribution is -0.116. The predicted molar refractivity (Wildman–Crippen MR) is 129 cm³/mol. The molecule has 0 saturated heterocycles. The lowest BCUT2D eigenvalue weighted by Gasteiger charge is -2.26. The Bertz CT molecular complexity index is 1220. The van der Waals surface area contributed by atoms with Crippen LogP contribution in [0.4, 0.5) is 5.82 Å². The fourth-order valence-corrected chi connectivity index (χ4v) is 4.87. The minimum absolute atomic E-state index is 0.128. The molecule has 1 unspecified atom stereocenters. The lowest BCUT2D eigenvalue weighted by Crippen LogP contribution is -2.31. The summed E-state index contributed by atoms with van der Waals surface area (Å²) in [6, 6.07) is 13.6. The van der Waals surface area contributed by atoms with E-state index in [9.17, 15) is 9.59 Å². The number of aryl methyl sites for hydroxylation is 1. The summed E-state index contributed by atoms with van der Waals surface area (Å²) in [4.78, 5) is 33.3. The van der Waals surface area contributed by atoms with Crippen molar-refractivity contribution in [2.45, 2.75) is 43.5 Å². The summed E-state index contributed by atoms with van der Waals surface area (Å²) in [5.41, 5.74) is 3.26. The molecule has 3 aromatic rings. The highest BCUT2D eigenvalue weighted by Gasteiger charge is 2.33. The van der Waals surface area contributed by atoms with Gasteiger partial charge in [-0.25, -0.2) is 4.98 Å². The second-order valence-electron chi connectivity index (χ2n) is 7.88. The second kappa shape index (κ2) is 10.1. The summed E-state index contributed by atoms with van der Waals surface area (Å²) < 4.78 is 11.5. The molecule has 0 radical (unpaired) electrons. The number of nitrogens with one attached hydrogen (secondary N) is 2. The van der Waals surface area contributed by atoms with Crippen LogP contribution in [-0.4, -0.2) is 29.6 Å². The van der Waals surface area contributed by atoms with Gasteiger partial charge in [-0.05, 0) is 30.5 Å². The van der Waals surface area contributed by atoms with Gasteiger partial charge in [-0.15, -0.1) is 0 Å². The zero-order valence-corrected chi connectivity index (χ0v) is 19.8. The minimum atomic E-state index is -0.484. The molecule has 172 valence electrons. The van der Waals surface area contributed by atoms with E-state index in [1.165, 1.54) is 22.9 Å². The molecule has 1 atom stereocenters. The van der Waals surface area contributed by atoms with E-state index in [0.29, 0.717) is 40.4 Å². The molecule has 0 saturated carbocycles. The highest BCUT2D eigenvalue weighted by atomic mass is 32.2. The smallest absolute Gasteiger partial charge is 0.257 e. The van der Waals surface area contributed by atoms with Crippen molar-refractivity contribution in [2.75, 3.05) is 19.0 Å². The van der Waals surface area contributed by atoms with Crippen LogP contribution in [0.5, 0.6) is 11.5 Å². The maximum absolute atomic E-state index is 13.2. The van der Waals surface area contributed by atoms with Crippen LogP contribution < -0.4 is 20.3 Å². The van der Waals surface area contributed by atoms with Gasteiger partial charge >= 0.3 is 0 Å². The summed E-state index contributed by atoms with van der Waals surface area (Å²) in [7, 11) is 1.58. The van der Waals surface area contributed by atoms with Crippen molar-refractivity contribution in [3.05, 3.63) is 75.1 Å². The molecular weight excluding hydrogens is 438 g/mol. The molecule has 0 bridgehead atoms. The third-order valence-electron chi connectivity index (χ3n) is 5.61. The Kier molecular flexibility index (Phi) is 7.03. The number of amides is 1. The molecule has 1 amide bonds. The molecule has 7 nitrogen and oxygen atoms in total. The number of fused-ring (bicyclic) bond motifs is 1. The van der Waals surface area contributed by atoms with Crippen LogP contribution in [0.15, 0.2) is 52.4 Å². The first-order chi connectivity index (χ1) is 16.0. The Morgan fingerprint density at radius 3 is 2.73 bits per heavy atom. The first-order valence-corrected chi connectivity index (χ1v) is 11.9. The van der Waals surface area contributed by atoms with Gasteiger partial charge in [0.15, 0.2) is 16.7 Å². The summed E-state index contributed by atoms with van der Waals surface area (Å²) in [5, 5.41) is 3.25. The van der Waals surface area contributed by atoms with Crippen LogP contribution in [-0.2, 0) is 10.5 Å². The molecule has 1 aliphatic rings. The maximum atomic E-state index is 13.2. The molecule has 2 aromatic carbocycles. The van der Waals surface area contributed by atoms with Gasteiger partial charge in [0.2, 0.25) is 5.91 Å². The standard InChI is InChI=1S/C25H27N3O4S/c1-4-12-32-22-17(10-7-11-19(22)31-3)18-13-20(29)26-23-21(18)24(30)28-25(27-23)33-14-16-9-6-5-8-15(16)2/h5-11,18H,4,12-14H2,1-3H3,(H2,26,27,28,29,30). The third kappa shape index (κ3) is 4.90. The molecule has 1 aliphatic heterocycles. The van der Waals surface area contributed by atoms with Gasteiger partial charge in [0.05, 0.1) is 19.3 Å². The van der Waals surface area contributed by atoms with Crippen LogP contribution in [0.25, 0.3) is 0 Å². The van der Waals surface area contributed by atoms with Gasteiger partial charge in [0.1, 0.15) is 5.82 Å². The van der Waals surface area contributed by atoms with Gasteiger partial charge < -0.3 is 19.8 Å². The number of hydrogen-bond acceptors (Lipinski definition) is 6. The molecule has 1 aromatic heterocycles. The molecule has 0 spiro atoms. The van der Waals surface area contributed by atoms with Crippen molar-refractivity contribution in [2.24, 2.45) is 0 Å². The number of rotatable bonds is 8. The van der Waals surface area contributed by atoms with Gasteiger partial charge in [-0.1, -0.05) is 55.1 Å². The number of thioether (sulfide) groups is 1. The average Bonchev–Trinajstić information content (AvgIpc) is 2.81. The predicted octanol–water partition coefficient (Wildman–Crippen LogP) is 4.64. The van der Waals surface area contributed by atoms with Crippen LogP contribution in [0.1, 0.15) is 47.9 Å². The van der Waals surface area contributed by atoms with E-state index in [0.717, 1.165) is 12.0 Å². The van der Waals surface area contributed by atoms with E-state index in [1.54, 1.807) is 7.11 Å². The normalized spacial score (nSPS) is 15.0. The van der Waals surface area contributed by atoms with E-state index < -0.39 is 5.92 Å². The van der Waals surface area contributed by atoms with Crippen molar-refractivity contribution < 1.29 is 14.3 Å². The fourth-order valence-electron chi connectivity index (χ4n) is 3.93. The van der Waals surface area contributed by atoms with Crippen LogP contribution >= 0.6 is 11.8 Å². The Hall–Kier alpha value is -3.26. The molecular formula is C25H27N3O4S. The molecule has 0 fully saturated rings. The van der Waals surface area contributed by atoms with Gasteiger partial charge in [0.25, 0.3) is 5.56 Å². The molecule has 4 rings (SSSR count). The number of carbonyl (C=O) groups excluding carboxylic acids is 1. The number of aromatic amines is 1. The van der Waals surface area contributed by atoms with E-state index in [-0.39, 0.29) is 17.9 Å². The summed E-state index contributed by atoms with van der Waals surface area (Å²) in [5.74, 6) is 1.42. The van der Waals surface area contributed by atoms with Crippen molar-refractivity contribution in [1.29, 1.82) is 0 Å². The number of nitrogens with zero attached hydrogens (tertiary/aromatic N) is 1. The SMILES string of the molecule is CCCOc1c(OC)cccc1C1CC(=O)Nc2nc(SCc3ccccc3C)[nH]c(=O)c21. The average molecular weight is 466 g/mol. The summed E-state index contributed by atoms with van der Waals surface area (Å²) in [6.07, 6.45) is 0.950. The Labute approximate surface area is 196 Å². The fraction of sp³-hybridized carbons (Fsp3) is 0.320. The number of aromatic nitrogens is 2. The number of H-pyrrole nitrogens is 1. The third-order valence-corrected chi connectivity index (χ3v) is 6.53. The number of hydrogen-bond donors (Lipinski definition) is 2. The molecule has 2 heterocycles. The number of ether oxygens (including phenoxy) is 2. The quantitative estimate of drug-likeness (QED) is 0.372. The number of para-hydroxylation sites is 1. The van der Waals surface area contributed by atoms with Crippen molar-refractivity contribution in [3.8, 4) is 11.5 Å². The largest absolute Gasteiger partial charge is 0.493 e. The van der Waals surface area contributed by atoms with Crippen LogP contribution in [0, 0.1) is 6.92 Å². The zero-order chi connectivity index (χ0) is 23.4. The lowest BCUT2D eigenvalue weighted by atomic mass is 9.86. The number of benzene rings is 2. The van der Waals surface area contributed by atoms with Crippen molar-refractivity contribution >= 4 is 23.5 Å². The highest BCUT2D eigenvalue weighted by Crippen LogP contribution is 2.42. The minimum Gasteiger partial charge on any atom is -0.493 e. The molecule has 2 N–H and O–H groups in total. The number of methoxy groups -OCH3 is 1. The van der Waals surface area contributed by atoms with E-state index in [4.69, 9.17) is 9.47 Å². The first-order valence-electron chi connectivity index (χ1n) is 10.9. The monoisotopic (exact) mass is 465 g/mol. The van der Waals surface area contributed by atoms with E-state index >= 15 is 0 Å². The van der Waals surface area contributed by atoms with E-state index in [2.05, 4.69) is 34.3 Å². The van der Waals surface area contributed by atoms with Gasteiger partial charge in [0, 0.05) is 23.7 Å². The summed E-state index contributed by atoms with van der Waals surface area (Å²) in [6.45, 7) is 4.57. The van der Waals surface area contributed by atoms with Crippen LogP contribution in [0.3, 0.4) is 0 Å². The Morgan fingerprint density at radius 1 is 1.15 bits per heavy atom. The Balaban J connectivity index is 1.71.